The van der Waals surface area contributed by atoms with Crippen LogP contribution in [0.5, 0.6) is 0 Å². The predicted octanol–water partition coefficient (Wildman–Crippen LogP) is 1.38. The highest BCUT2D eigenvalue weighted by molar-refractivity contribution is 5.79. The molecular formula is C18H36N6O. The quantitative estimate of drug-likeness (QED) is 0.414. The number of nitrogens with zero attached hydrogens (tertiary/aromatic N) is 4. The highest BCUT2D eigenvalue weighted by Gasteiger charge is 2.16. The summed E-state index contributed by atoms with van der Waals surface area (Å²) in [5.74, 6) is 1.27. The SMILES string of the molecule is CCCC(CCO)CN=C(NCC)NCC(c1cnn(C)c1)N(C)C. The van der Waals surface area contributed by atoms with Crippen molar-refractivity contribution < 1.29 is 5.11 Å². The van der Waals surface area contributed by atoms with Crippen LogP contribution in [0.4, 0.5) is 0 Å². The number of aromatic nitrogens is 2. The molecule has 0 aliphatic heterocycles. The first kappa shape index (κ1) is 21.4. The molecule has 1 aromatic heterocycles. The highest BCUT2D eigenvalue weighted by atomic mass is 16.3. The molecule has 3 N–H and O–H groups in total. The lowest BCUT2D eigenvalue weighted by molar-refractivity contribution is 0.253. The van der Waals surface area contributed by atoms with E-state index in [1.54, 1.807) is 0 Å². The normalized spacial score (nSPS) is 14.6. The van der Waals surface area contributed by atoms with Gasteiger partial charge in [-0.05, 0) is 39.8 Å². The van der Waals surface area contributed by atoms with Gasteiger partial charge in [-0.15, -0.1) is 0 Å². The first-order chi connectivity index (χ1) is 12.0. The summed E-state index contributed by atoms with van der Waals surface area (Å²) in [5, 5.41) is 20.2. The van der Waals surface area contributed by atoms with Gasteiger partial charge in [-0.2, -0.15) is 5.10 Å². The second kappa shape index (κ2) is 11.9. The molecule has 2 atom stereocenters. The van der Waals surface area contributed by atoms with Crippen molar-refractivity contribution in [2.24, 2.45) is 18.0 Å². The molecule has 0 saturated heterocycles. The molecule has 1 aromatic rings. The third-order valence-corrected chi connectivity index (χ3v) is 4.28. The van der Waals surface area contributed by atoms with Crippen LogP contribution < -0.4 is 10.6 Å². The van der Waals surface area contributed by atoms with E-state index >= 15 is 0 Å². The molecule has 0 radical (unpaired) electrons. The lowest BCUT2D eigenvalue weighted by Gasteiger charge is -2.25. The van der Waals surface area contributed by atoms with E-state index in [0.29, 0.717) is 5.92 Å². The number of aliphatic hydroxyl groups is 1. The van der Waals surface area contributed by atoms with Crippen molar-refractivity contribution in [1.82, 2.24) is 25.3 Å². The molecule has 0 spiro atoms. The summed E-state index contributed by atoms with van der Waals surface area (Å²) in [6, 6.07) is 0.224. The van der Waals surface area contributed by atoms with Gasteiger partial charge in [0.1, 0.15) is 0 Å². The molecule has 1 rings (SSSR count). The third-order valence-electron chi connectivity index (χ3n) is 4.28. The second-order valence-electron chi connectivity index (χ2n) is 6.69. The maximum absolute atomic E-state index is 9.20. The van der Waals surface area contributed by atoms with E-state index < -0.39 is 0 Å². The predicted molar refractivity (Wildman–Crippen MR) is 104 cm³/mol. The molecule has 1 heterocycles. The molecule has 144 valence electrons. The Morgan fingerprint density at radius 2 is 2.08 bits per heavy atom. The van der Waals surface area contributed by atoms with Crippen LogP contribution in [0.15, 0.2) is 17.4 Å². The third kappa shape index (κ3) is 7.88. The Balaban J connectivity index is 2.69. The average Bonchev–Trinajstić information content (AvgIpc) is 2.98. The van der Waals surface area contributed by atoms with Gasteiger partial charge in [-0.1, -0.05) is 13.3 Å². The number of aliphatic imine (C=N–C) groups is 1. The van der Waals surface area contributed by atoms with Crippen LogP contribution in [-0.4, -0.2) is 66.1 Å². The Hall–Kier alpha value is -1.60. The summed E-state index contributed by atoms with van der Waals surface area (Å²) in [7, 11) is 6.08. The van der Waals surface area contributed by atoms with Gasteiger partial charge < -0.3 is 20.6 Å². The number of hydrogen-bond acceptors (Lipinski definition) is 4. The van der Waals surface area contributed by atoms with Gasteiger partial charge in [0.05, 0.1) is 12.2 Å². The molecule has 0 aliphatic rings. The standard InChI is InChI=1S/C18H36N6O/c1-6-8-15(9-10-25)11-20-18(19-7-2)21-13-17(23(3)4)16-12-22-24(5)14-16/h12,14-15,17,25H,6-11,13H2,1-5H3,(H2,19,20,21). The topological polar surface area (TPSA) is 77.7 Å². The average molecular weight is 353 g/mol. The number of hydrogen-bond donors (Lipinski definition) is 3. The smallest absolute Gasteiger partial charge is 0.191 e. The fourth-order valence-electron chi connectivity index (χ4n) is 2.88. The Labute approximate surface area is 152 Å². The second-order valence-corrected chi connectivity index (χ2v) is 6.69. The number of likely N-dealkylation sites (N-methyl/N-ethyl adjacent to an activating group) is 1. The minimum atomic E-state index is 0.224. The zero-order valence-corrected chi connectivity index (χ0v) is 16.5. The maximum atomic E-state index is 9.20. The first-order valence-corrected chi connectivity index (χ1v) is 9.29. The van der Waals surface area contributed by atoms with E-state index in [0.717, 1.165) is 44.9 Å². The first-order valence-electron chi connectivity index (χ1n) is 9.29. The van der Waals surface area contributed by atoms with Gasteiger partial charge in [0.15, 0.2) is 5.96 Å². The summed E-state index contributed by atoms with van der Waals surface area (Å²) in [4.78, 5) is 6.90. The van der Waals surface area contributed by atoms with E-state index in [4.69, 9.17) is 4.99 Å². The van der Waals surface area contributed by atoms with Crippen molar-refractivity contribution in [3.05, 3.63) is 18.0 Å². The lowest BCUT2D eigenvalue weighted by atomic mass is 10.0. The Morgan fingerprint density at radius 3 is 2.60 bits per heavy atom. The molecule has 0 saturated carbocycles. The van der Waals surface area contributed by atoms with E-state index in [9.17, 15) is 5.11 Å². The summed E-state index contributed by atoms with van der Waals surface area (Å²) in [5.41, 5.74) is 1.18. The van der Waals surface area contributed by atoms with Crippen molar-refractivity contribution >= 4 is 5.96 Å². The van der Waals surface area contributed by atoms with E-state index in [2.05, 4.69) is 54.8 Å². The zero-order chi connectivity index (χ0) is 18.7. The molecule has 0 fully saturated rings. The van der Waals surface area contributed by atoms with Crippen molar-refractivity contribution in [3.63, 3.8) is 0 Å². The molecule has 7 nitrogen and oxygen atoms in total. The lowest BCUT2D eigenvalue weighted by Crippen LogP contribution is -2.42. The largest absolute Gasteiger partial charge is 0.396 e. The van der Waals surface area contributed by atoms with Crippen LogP contribution in [0.3, 0.4) is 0 Å². The van der Waals surface area contributed by atoms with Gasteiger partial charge in [0, 0.05) is 45.0 Å². The van der Waals surface area contributed by atoms with Gasteiger partial charge in [-0.3, -0.25) is 9.67 Å². The molecule has 25 heavy (non-hydrogen) atoms. The maximum Gasteiger partial charge on any atom is 0.191 e. The van der Waals surface area contributed by atoms with Crippen molar-refractivity contribution in [1.29, 1.82) is 0 Å². The summed E-state index contributed by atoms with van der Waals surface area (Å²) < 4.78 is 1.83. The number of aryl methyl sites for hydroxylation is 1. The minimum absolute atomic E-state index is 0.224. The zero-order valence-electron chi connectivity index (χ0n) is 16.5. The molecule has 7 heteroatoms. The number of aliphatic hydroxyl groups excluding tert-OH is 1. The van der Waals surface area contributed by atoms with Crippen LogP contribution in [0.2, 0.25) is 0 Å². The summed E-state index contributed by atoms with van der Waals surface area (Å²) in [6.45, 7) is 6.79. The van der Waals surface area contributed by atoms with Crippen LogP contribution in [0.1, 0.15) is 44.7 Å². The number of nitrogens with one attached hydrogen (secondary N) is 2. The van der Waals surface area contributed by atoms with Crippen LogP contribution >= 0.6 is 0 Å². The summed E-state index contributed by atoms with van der Waals surface area (Å²) >= 11 is 0. The molecule has 0 bridgehead atoms. The van der Waals surface area contributed by atoms with E-state index in [1.807, 2.05) is 17.9 Å². The van der Waals surface area contributed by atoms with Gasteiger partial charge in [0.25, 0.3) is 0 Å². The Kier molecular flexibility index (Phi) is 10.2. The van der Waals surface area contributed by atoms with Crippen LogP contribution in [0, 0.1) is 5.92 Å². The van der Waals surface area contributed by atoms with E-state index in [1.165, 1.54) is 5.56 Å². The Morgan fingerprint density at radius 1 is 1.32 bits per heavy atom. The van der Waals surface area contributed by atoms with Gasteiger partial charge in [-0.25, -0.2) is 0 Å². The van der Waals surface area contributed by atoms with Crippen molar-refractivity contribution in [3.8, 4) is 0 Å². The summed E-state index contributed by atoms with van der Waals surface area (Å²) in [6.07, 6.45) is 6.99. The monoisotopic (exact) mass is 352 g/mol. The molecule has 2 unspecified atom stereocenters. The highest BCUT2D eigenvalue weighted by Crippen LogP contribution is 2.16. The minimum Gasteiger partial charge on any atom is -0.396 e. The fourth-order valence-corrected chi connectivity index (χ4v) is 2.88. The van der Waals surface area contributed by atoms with Gasteiger partial charge in [0.2, 0.25) is 0 Å². The van der Waals surface area contributed by atoms with Crippen molar-refractivity contribution in [2.45, 2.75) is 39.2 Å². The number of rotatable bonds is 11. The number of guanidine groups is 1. The molecule has 0 aliphatic carbocycles. The molecular weight excluding hydrogens is 316 g/mol. The fraction of sp³-hybridized carbons (Fsp3) is 0.778. The van der Waals surface area contributed by atoms with Crippen molar-refractivity contribution in [2.75, 3.05) is 40.3 Å². The molecule has 0 aromatic carbocycles. The van der Waals surface area contributed by atoms with Gasteiger partial charge >= 0.3 is 0 Å². The van der Waals surface area contributed by atoms with Crippen LogP contribution in [-0.2, 0) is 7.05 Å². The molecule has 0 amide bonds. The Bertz CT molecular complexity index is 494. The van der Waals surface area contributed by atoms with E-state index in [-0.39, 0.29) is 12.6 Å². The van der Waals surface area contributed by atoms with Crippen LogP contribution in [0.25, 0.3) is 0 Å².